The predicted molar refractivity (Wildman–Crippen MR) is 102 cm³/mol. The van der Waals surface area contributed by atoms with Gasteiger partial charge in [0.1, 0.15) is 0 Å². The topological polar surface area (TPSA) is 44.0 Å². The quantitative estimate of drug-likeness (QED) is 0.666. The maximum Gasteiger partial charge on any atom is 0.331 e. The van der Waals surface area contributed by atoms with E-state index in [4.69, 9.17) is 34.8 Å². The Hall–Kier alpha value is -2.01. The van der Waals surface area contributed by atoms with Crippen LogP contribution in [0.3, 0.4) is 0 Å². The van der Waals surface area contributed by atoms with Crippen molar-refractivity contribution in [2.75, 3.05) is 0 Å². The first-order valence-electron chi connectivity index (χ1n) is 7.37. The van der Waals surface area contributed by atoms with E-state index in [1.807, 2.05) is 0 Å². The second-order valence-electron chi connectivity index (χ2n) is 5.55. The summed E-state index contributed by atoms with van der Waals surface area (Å²) in [7, 11) is 1.60. The van der Waals surface area contributed by atoms with Crippen molar-refractivity contribution >= 4 is 34.8 Å². The second-order valence-corrected chi connectivity index (χ2v) is 6.83. The molecule has 25 heavy (non-hydrogen) atoms. The van der Waals surface area contributed by atoms with Gasteiger partial charge in [0, 0.05) is 28.7 Å². The fourth-order valence-corrected chi connectivity index (χ4v) is 3.17. The van der Waals surface area contributed by atoms with Crippen molar-refractivity contribution in [3.05, 3.63) is 90.0 Å². The minimum absolute atomic E-state index is 0.164. The molecule has 7 heteroatoms. The highest BCUT2D eigenvalue weighted by Crippen LogP contribution is 2.28. The van der Waals surface area contributed by atoms with Crippen molar-refractivity contribution in [2.24, 2.45) is 7.05 Å². The molecule has 0 radical (unpaired) electrons. The van der Waals surface area contributed by atoms with E-state index in [1.165, 1.54) is 10.6 Å². The number of aromatic nitrogens is 2. The average Bonchev–Trinajstić information content (AvgIpc) is 2.57. The van der Waals surface area contributed by atoms with Crippen LogP contribution in [0, 0.1) is 0 Å². The molecule has 0 atom stereocenters. The van der Waals surface area contributed by atoms with Crippen LogP contribution in [0.5, 0.6) is 0 Å². The molecule has 4 nitrogen and oxygen atoms in total. The maximum atomic E-state index is 12.7. The van der Waals surface area contributed by atoms with Gasteiger partial charge in [-0.15, -0.1) is 0 Å². The molecule has 0 saturated carbocycles. The summed E-state index contributed by atoms with van der Waals surface area (Å²) in [5.74, 6) is 0. The van der Waals surface area contributed by atoms with Crippen molar-refractivity contribution in [1.29, 1.82) is 0 Å². The molecule has 0 aliphatic heterocycles. The molecule has 0 aliphatic carbocycles. The van der Waals surface area contributed by atoms with E-state index >= 15 is 0 Å². The largest absolute Gasteiger partial charge is 0.331 e. The standard InChI is InChI=1S/C18H13Cl3N2O2/c1-22-16(14-7-6-13(20)8-15(14)21)9-17(24)23(18(22)25)10-11-2-4-12(19)5-3-11/h2-9H,10H2,1H3. The predicted octanol–water partition coefficient (Wildman–Crippen LogP) is 4.22. The monoisotopic (exact) mass is 394 g/mol. The minimum atomic E-state index is -0.427. The lowest BCUT2D eigenvalue weighted by Crippen LogP contribution is -2.39. The molecule has 0 spiro atoms. The molecule has 0 aliphatic rings. The fourth-order valence-electron chi connectivity index (χ4n) is 2.54. The molecule has 0 saturated heterocycles. The Kier molecular flexibility index (Phi) is 5.04. The van der Waals surface area contributed by atoms with Crippen LogP contribution in [0.2, 0.25) is 15.1 Å². The van der Waals surface area contributed by atoms with Crippen molar-refractivity contribution in [1.82, 2.24) is 9.13 Å². The minimum Gasteiger partial charge on any atom is -0.296 e. The van der Waals surface area contributed by atoms with E-state index in [1.54, 1.807) is 49.5 Å². The van der Waals surface area contributed by atoms with Crippen LogP contribution >= 0.6 is 34.8 Å². The summed E-state index contributed by atoms with van der Waals surface area (Å²) in [5.41, 5.74) is 0.980. The van der Waals surface area contributed by atoms with Gasteiger partial charge in [0.25, 0.3) is 5.56 Å². The molecule has 1 aromatic heterocycles. The van der Waals surface area contributed by atoms with Gasteiger partial charge in [-0.25, -0.2) is 4.79 Å². The molecule has 2 aromatic carbocycles. The van der Waals surface area contributed by atoms with Crippen LogP contribution in [-0.2, 0) is 13.6 Å². The molecule has 3 rings (SSSR count). The summed E-state index contributed by atoms with van der Waals surface area (Å²) in [6.45, 7) is 0.164. The van der Waals surface area contributed by atoms with Gasteiger partial charge in [0.15, 0.2) is 0 Å². The number of benzene rings is 2. The Morgan fingerprint density at radius 1 is 0.880 bits per heavy atom. The summed E-state index contributed by atoms with van der Waals surface area (Å²) in [5, 5.41) is 1.45. The van der Waals surface area contributed by atoms with Crippen molar-refractivity contribution in [3.63, 3.8) is 0 Å². The van der Waals surface area contributed by atoms with Crippen LogP contribution in [0.15, 0.2) is 58.1 Å². The highest BCUT2D eigenvalue weighted by Gasteiger charge is 2.13. The Morgan fingerprint density at radius 3 is 2.16 bits per heavy atom. The van der Waals surface area contributed by atoms with E-state index in [2.05, 4.69) is 0 Å². The molecular formula is C18H13Cl3N2O2. The van der Waals surface area contributed by atoms with Gasteiger partial charge >= 0.3 is 5.69 Å². The number of rotatable bonds is 3. The lowest BCUT2D eigenvalue weighted by Gasteiger charge is -2.13. The Labute approximate surface area is 158 Å². The normalized spacial score (nSPS) is 10.9. The molecule has 0 bridgehead atoms. The van der Waals surface area contributed by atoms with Gasteiger partial charge in [-0.1, -0.05) is 46.9 Å². The average molecular weight is 396 g/mol. The number of hydrogen-bond donors (Lipinski definition) is 0. The smallest absolute Gasteiger partial charge is 0.296 e. The third-order valence-electron chi connectivity index (χ3n) is 3.87. The third kappa shape index (κ3) is 3.66. The molecule has 1 heterocycles. The molecule has 0 amide bonds. The second kappa shape index (κ2) is 7.08. The highest BCUT2D eigenvalue weighted by molar-refractivity contribution is 6.36. The van der Waals surface area contributed by atoms with Crippen molar-refractivity contribution in [3.8, 4) is 11.3 Å². The molecule has 3 aromatic rings. The van der Waals surface area contributed by atoms with E-state index in [9.17, 15) is 9.59 Å². The third-order valence-corrected chi connectivity index (χ3v) is 4.67. The number of halogens is 3. The zero-order valence-corrected chi connectivity index (χ0v) is 15.4. The molecule has 0 unspecified atom stereocenters. The van der Waals surface area contributed by atoms with Gasteiger partial charge in [-0.05, 0) is 35.9 Å². The van der Waals surface area contributed by atoms with Gasteiger partial charge in [0.2, 0.25) is 0 Å². The number of nitrogens with zero attached hydrogens (tertiary/aromatic N) is 2. The van der Waals surface area contributed by atoms with Crippen LogP contribution < -0.4 is 11.2 Å². The van der Waals surface area contributed by atoms with Gasteiger partial charge in [-0.2, -0.15) is 0 Å². The fraction of sp³-hybridized carbons (Fsp3) is 0.111. The molecule has 0 fully saturated rings. The van der Waals surface area contributed by atoms with E-state index < -0.39 is 11.2 Å². The van der Waals surface area contributed by atoms with Crippen LogP contribution in [0.1, 0.15) is 5.56 Å². The van der Waals surface area contributed by atoms with Crippen LogP contribution in [-0.4, -0.2) is 9.13 Å². The zero-order chi connectivity index (χ0) is 18.1. The first-order valence-corrected chi connectivity index (χ1v) is 8.51. The van der Waals surface area contributed by atoms with Gasteiger partial charge in [-0.3, -0.25) is 13.9 Å². The number of hydrogen-bond acceptors (Lipinski definition) is 2. The Balaban J connectivity index is 2.10. The van der Waals surface area contributed by atoms with E-state index in [0.717, 1.165) is 10.1 Å². The molecule has 0 N–H and O–H groups in total. The SMILES string of the molecule is Cn1c(-c2ccc(Cl)cc2Cl)cc(=O)n(Cc2ccc(Cl)cc2)c1=O. The summed E-state index contributed by atoms with van der Waals surface area (Å²) in [6, 6.07) is 13.3. The van der Waals surface area contributed by atoms with Crippen molar-refractivity contribution < 1.29 is 0 Å². The first-order chi connectivity index (χ1) is 11.9. The first kappa shape index (κ1) is 17.8. The Bertz CT molecular complexity index is 1050. The molecule has 128 valence electrons. The highest BCUT2D eigenvalue weighted by atomic mass is 35.5. The zero-order valence-electron chi connectivity index (χ0n) is 13.2. The van der Waals surface area contributed by atoms with Crippen LogP contribution in [0.25, 0.3) is 11.3 Å². The van der Waals surface area contributed by atoms with Gasteiger partial charge in [0.05, 0.1) is 17.3 Å². The molecular weight excluding hydrogens is 383 g/mol. The maximum absolute atomic E-state index is 12.7. The van der Waals surface area contributed by atoms with E-state index in [0.29, 0.717) is 26.3 Å². The van der Waals surface area contributed by atoms with Crippen LogP contribution in [0.4, 0.5) is 0 Å². The summed E-state index contributed by atoms with van der Waals surface area (Å²) >= 11 is 18.0. The summed E-state index contributed by atoms with van der Waals surface area (Å²) < 4.78 is 2.56. The lowest BCUT2D eigenvalue weighted by molar-refractivity contribution is 0.644. The summed E-state index contributed by atoms with van der Waals surface area (Å²) in [6.07, 6.45) is 0. The van der Waals surface area contributed by atoms with Crippen molar-refractivity contribution in [2.45, 2.75) is 6.54 Å². The summed E-state index contributed by atoms with van der Waals surface area (Å²) in [4.78, 5) is 25.2. The lowest BCUT2D eigenvalue weighted by atomic mass is 10.1. The van der Waals surface area contributed by atoms with E-state index in [-0.39, 0.29) is 6.54 Å². The Morgan fingerprint density at radius 2 is 1.52 bits per heavy atom. The van der Waals surface area contributed by atoms with Gasteiger partial charge < -0.3 is 0 Å².